The molecule has 0 aromatic carbocycles. The number of aromatic nitrogens is 4. The van der Waals surface area contributed by atoms with Crippen molar-refractivity contribution in [3.63, 3.8) is 0 Å². The van der Waals surface area contributed by atoms with Gasteiger partial charge in [0.25, 0.3) is 5.56 Å². The smallest absolute Gasteiger partial charge is 0.317 e. The molecule has 0 bridgehead atoms. The van der Waals surface area contributed by atoms with Crippen LogP contribution in [0.3, 0.4) is 0 Å². The summed E-state index contributed by atoms with van der Waals surface area (Å²) in [5.41, 5.74) is 7.90. The standard InChI is InChI=1S/C16H23N8O7P/c1-7(2)13(26)21-16-20-12-10(14(27)22-16)18-6-24(12)15-11(31-32(28)29)8(3-4-19-23-17)9(5-25)30-15/h6-9,11,15,25,32H,3-5H2,1-2H3,(H,28,29)(H2,20,21,22,26,27)/t8-,9-,11-,15-/m1/s1. The van der Waals surface area contributed by atoms with E-state index in [0.717, 1.165) is 0 Å². The second kappa shape index (κ2) is 10.2. The van der Waals surface area contributed by atoms with Crippen LogP contribution in [0.1, 0.15) is 26.5 Å². The van der Waals surface area contributed by atoms with E-state index in [9.17, 15) is 24.2 Å². The van der Waals surface area contributed by atoms with E-state index in [0.29, 0.717) is 0 Å². The summed E-state index contributed by atoms with van der Waals surface area (Å²) in [4.78, 5) is 47.2. The van der Waals surface area contributed by atoms with Crippen molar-refractivity contribution in [1.29, 1.82) is 0 Å². The normalized spacial score (nSPS) is 23.9. The number of hydrogen-bond donors (Lipinski definition) is 4. The van der Waals surface area contributed by atoms with Gasteiger partial charge in [0.1, 0.15) is 6.10 Å². The van der Waals surface area contributed by atoms with Gasteiger partial charge in [0, 0.05) is 23.3 Å². The lowest BCUT2D eigenvalue weighted by Crippen LogP contribution is -2.30. The highest BCUT2D eigenvalue weighted by atomic mass is 31.1. The van der Waals surface area contributed by atoms with Gasteiger partial charge in [-0.2, -0.15) is 4.98 Å². The number of nitrogens with one attached hydrogen (secondary N) is 2. The molecule has 16 heteroatoms. The number of fused-ring (bicyclic) bond motifs is 1. The molecular formula is C16H23N8O7P. The van der Waals surface area contributed by atoms with Gasteiger partial charge in [-0.05, 0) is 12.0 Å². The Balaban J connectivity index is 2.03. The van der Waals surface area contributed by atoms with Crippen LogP contribution in [0.2, 0.25) is 0 Å². The van der Waals surface area contributed by atoms with Crippen LogP contribution < -0.4 is 10.9 Å². The van der Waals surface area contributed by atoms with E-state index >= 15 is 0 Å². The maximum atomic E-state index is 12.4. The van der Waals surface area contributed by atoms with Crippen molar-refractivity contribution < 1.29 is 28.6 Å². The van der Waals surface area contributed by atoms with Crippen LogP contribution in [0.25, 0.3) is 21.6 Å². The first kappa shape index (κ1) is 23.9. The summed E-state index contributed by atoms with van der Waals surface area (Å²) >= 11 is 0. The number of H-pyrrole nitrogens is 1. The number of anilines is 1. The van der Waals surface area contributed by atoms with Crippen LogP contribution in [0.4, 0.5) is 5.95 Å². The van der Waals surface area contributed by atoms with Crippen molar-refractivity contribution in [3.8, 4) is 0 Å². The van der Waals surface area contributed by atoms with Crippen LogP contribution in [0.5, 0.6) is 0 Å². The van der Waals surface area contributed by atoms with E-state index in [1.807, 2.05) is 0 Å². The third kappa shape index (κ3) is 4.99. The Bertz CT molecular complexity index is 1110. The van der Waals surface area contributed by atoms with Crippen LogP contribution in [-0.2, 0) is 18.6 Å². The topological polar surface area (TPSA) is 217 Å². The van der Waals surface area contributed by atoms with E-state index in [4.69, 9.17) is 14.8 Å². The molecule has 15 nitrogen and oxygen atoms in total. The quantitative estimate of drug-likeness (QED) is 0.175. The predicted octanol–water partition coefficient (Wildman–Crippen LogP) is 0.688. The molecule has 0 radical (unpaired) electrons. The summed E-state index contributed by atoms with van der Waals surface area (Å²) in [7, 11) is -3.42. The van der Waals surface area contributed by atoms with Gasteiger partial charge in [-0.1, -0.05) is 19.0 Å². The minimum atomic E-state index is -3.42. The molecule has 174 valence electrons. The van der Waals surface area contributed by atoms with E-state index in [2.05, 4.69) is 30.3 Å². The summed E-state index contributed by atoms with van der Waals surface area (Å²) in [6.07, 6.45) is -1.45. The van der Waals surface area contributed by atoms with Gasteiger partial charge in [0.2, 0.25) is 11.9 Å². The van der Waals surface area contributed by atoms with Crippen molar-refractivity contribution >= 4 is 31.3 Å². The molecular weight excluding hydrogens is 447 g/mol. The Labute approximate surface area is 181 Å². The molecule has 0 aliphatic carbocycles. The summed E-state index contributed by atoms with van der Waals surface area (Å²) in [6, 6.07) is 0. The number of hydrogen-bond acceptors (Lipinski definition) is 9. The third-order valence-corrected chi connectivity index (χ3v) is 5.48. The van der Waals surface area contributed by atoms with Gasteiger partial charge in [-0.15, -0.1) is 0 Å². The Hall–Kier alpha value is -2.80. The zero-order valence-electron chi connectivity index (χ0n) is 17.2. The first-order chi connectivity index (χ1) is 15.3. The number of nitrogens with zero attached hydrogens (tertiary/aromatic N) is 6. The number of rotatable bonds is 9. The van der Waals surface area contributed by atoms with Crippen LogP contribution >= 0.6 is 8.25 Å². The molecule has 1 unspecified atom stereocenters. The summed E-state index contributed by atoms with van der Waals surface area (Å²) in [5.74, 6) is -1.43. The fourth-order valence-electron chi connectivity index (χ4n) is 3.48. The fourth-order valence-corrected chi connectivity index (χ4v) is 4.00. The summed E-state index contributed by atoms with van der Waals surface area (Å²) < 4.78 is 23.9. The number of azide groups is 1. The Morgan fingerprint density at radius 2 is 2.31 bits per heavy atom. The molecule has 2 aromatic heterocycles. The predicted molar refractivity (Wildman–Crippen MR) is 111 cm³/mol. The minimum absolute atomic E-state index is 0.0383. The average Bonchev–Trinajstić information content (AvgIpc) is 3.29. The third-order valence-electron chi connectivity index (χ3n) is 5.01. The second-order valence-corrected chi connectivity index (χ2v) is 8.15. The summed E-state index contributed by atoms with van der Waals surface area (Å²) in [5, 5.41) is 15.7. The number of carbonyl (C=O) groups excluding carboxylic acids is 1. The van der Waals surface area contributed by atoms with Gasteiger partial charge in [-0.25, -0.2) is 4.98 Å². The van der Waals surface area contributed by atoms with Gasteiger partial charge in [-0.3, -0.25) is 29.0 Å². The molecule has 0 saturated carbocycles. The van der Waals surface area contributed by atoms with Crippen LogP contribution in [-0.4, -0.2) is 60.8 Å². The molecule has 32 heavy (non-hydrogen) atoms. The number of aromatic amines is 1. The molecule has 1 aliphatic heterocycles. The maximum Gasteiger partial charge on any atom is 0.317 e. The largest absolute Gasteiger partial charge is 0.394 e. The van der Waals surface area contributed by atoms with Gasteiger partial charge < -0.3 is 19.3 Å². The van der Waals surface area contributed by atoms with E-state index < -0.39 is 44.8 Å². The highest BCUT2D eigenvalue weighted by Gasteiger charge is 2.47. The SMILES string of the molecule is CC(C)C(=O)Nc1nc2c(ncn2[C@@H]2O[C@H](CO)[C@@H](CCN=[N+]=[N-])[C@H]2O[PH](=O)O)c(=O)[nH]1. The van der Waals surface area contributed by atoms with Crippen molar-refractivity contribution in [2.45, 2.75) is 38.7 Å². The Morgan fingerprint density at radius 1 is 1.56 bits per heavy atom. The fraction of sp³-hybridized carbons (Fsp3) is 0.625. The molecule has 3 heterocycles. The van der Waals surface area contributed by atoms with Gasteiger partial charge in [0.15, 0.2) is 17.4 Å². The van der Waals surface area contributed by atoms with Crippen LogP contribution in [0, 0.1) is 11.8 Å². The molecule has 1 fully saturated rings. The molecule has 5 atom stereocenters. The highest BCUT2D eigenvalue weighted by molar-refractivity contribution is 7.32. The lowest BCUT2D eigenvalue weighted by atomic mass is 9.94. The minimum Gasteiger partial charge on any atom is -0.394 e. The van der Waals surface area contributed by atoms with Gasteiger partial charge in [0.05, 0.1) is 19.0 Å². The maximum absolute atomic E-state index is 12.4. The first-order valence-corrected chi connectivity index (χ1v) is 11.0. The molecule has 1 amide bonds. The lowest BCUT2D eigenvalue weighted by molar-refractivity contribution is -0.118. The summed E-state index contributed by atoms with van der Waals surface area (Å²) in [6.45, 7) is 2.97. The number of imidazole rings is 1. The molecule has 0 spiro atoms. The van der Waals surface area contributed by atoms with Crippen LogP contribution in [0.15, 0.2) is 16.2 Å². The van der Waals surface area contributed by atoms with E-state index in [1.54, 1.807) is 13.8 Å². The average molecular weight is 470 g/mol. The van der Waals surface area contributed by atoms with E-state index in [-0.39, 0.29) is 41.9 Å². The zero-order chi connectivity index (χ0) is 23.4. The van der Waals surface area contributed by atoms with Crippen molar-refractivity contribution in [2.75, 3.05) is 18.5 Å². The van der Waals surface area contributed by atoms with Crippen molar-refractivity contribution in [2.24, 2.45) is 17.0 Å². The number of aliphatic hydroxyl groups is 1. The molecule has 4 N–H and O–H groups in total. The van der Waals surface area contributed by atoms with Gasteiger partial charge >= 0.3 is 8.25 Å². The molecule has 3 rings (SSSR count). The molecule has 2 aromatic rings. The Kier molecular flexibility index (Phi) is 7.61. The molecule has 1 saturated heterocycles. The van der Waals surface area contributed by atoms with Crippen molar-refractivity contribution in [3.05, 3.63) is 27.1 Å². The van der Waals surface area contributed by atoms with Crippen molar-refractivity contribution in [1.82, 2.24) is 19.5 Å². The van der Waals surface area contributed by atoms with E-state index in [1.165, 1.54) is 10.9 Å². The zero-order valence-corrected chi connectivity index (χ0v) is 18.2. The molecule has 1 aliphatic rings. The lowest BCUT2D eigenvalue weighted by Gasteiger charge is -2.23. The Morgan fingerprint density at radius 3 is 2.94 bits per heavy atom. The number of aliphatic hydroxyl groups excluding tert-OH is 1. The second-order valence-electron chi connectivity index (χ2n) is 7.39. The number of carbonyl (C=O) groups is 1. The first-order valence-electron chi connectivity index (χ1n) is 9.71. The number of ether oxygens (including phenoxy) is 1. The monoisotopic (exact) mass is 470 g/mol. The number of amides is 1. The highest BCUT2D eigenvalue weighted by Crippen LogP contribution is 2.42.